The molecule has 0 fully saturated rings. The van der Waals surface area contributed by atoms with E-state index in [0.717, 1.165) is 19.4 Å². The van der Waals surface area contributed by atoms with Gasteiger partial charge in [0.2, 0.25) is 0 Å². The van der Waals surface area contributed by atoms with E-state index < -0.39 is 0 Å². The molecule has 0 heterocycles. The molecule has 1 unspecified atom stereocenters. The van der Waals surface area contributed by atoms with Crippen molar-refractivity contribution in [1.82, 2.24) is 4.90 Å². The first-order chi connectivity index (χ1) is 6.43. The molecule has 0 saturated heterocycles. The van der Waals surface area contributed by atoms with Gasteiger partial charge in [0.15, 0.2) is 0 Å². The van der Waals surface area contributed by atoms with Gasteiger partial charge in [-0.2, -0.15) is 5.26 Å². The van der Waals surface area contributed by atoms with Crippen molar-refractivity contribution in [3.8, 4) is 6.07 Å². The standard InChI is InChI=1S/C12H24N2/c1-6-11(2)14(5)9-7-8-12(3,4)10-13/h11H,6-9H2,1-5H3. The summed E-state index contributed by atoms with van der Waals surface area (Å²) in [4.78, 5) is 2.37. The van der Waals surface area contributed by atoms with E-state index in [4.69, 9.17) is 5.26 Å². The van der Waals surface area contributed by atoms with Crippen molar-refractivity contribution in [2.75, 3.05) is 13.6 Å². The molecule has 0 bridgehead atoms. The minimum absolute atomic E-state index is 0.156. The fourth-order valence-corrected chi connectivity index (χ4v) is 1.36. The van der Waals surface area contributed by atoms with Crippen LogP contribution in [0.1, 0.15) is 47.0 Å². The van der Waals surface area contributed by atoms with Gasteiger partial charge in [-0.3, -0.25) is 0 Å². The Kier molecular flexibility index (Phi) is 5.79. The molecule has 0 aliphatic carbocycles. The number of hydrogen-bond donors (Lipinski definition) is 0. The van der Waals surface area contributed by atoms with Crippen LogP contribution < -0.4 is 0 Å². The minimum atomic E-state index is -0.156. The molecule has 14 heavy (non-hydrogen) atoms. The van der Waals surface area contributed by atoms with Gasteiger partial charge in [-0.05, 0) is 53.6 Å². The van der Waals surface area contributed by atoms with Crippen molar-refractivity contribution in [2.45, 2.75) is 53.0 Å². The molecule has 2 nitrogen and oxygen atoms in total. The van der Waals surface area contributed by atoms with Crippen LogP contribution in [0.15, 0.2) is 0 Å². The van der Waals surface area contributed by atoms with Gasteiger partial charge in [-0.25, -0.2) is 0 Å². The molecule has 1 atom stereocenters. The molecule has 82 valence electrons. The second-order valence-electron chi connectivity index (χ2n) is 4.84. The van der Waals surface area contributed by atoms with Gasteiger partial charge in [-0.15, -0.1) is 0 Å². The van der Waals surface area contributed by atoms with Crippen molar-refractivity contribution < 1.29 is 0 Å². The van der Waals surface area contributed by atoms with Gasteiger partial charge in [0, 0.05) is 6.04 Å². The molecule has 0 amide bonds. The maximum Gasteiger partial charge on any atom is 0.0683 e. The van der Waals surface area contributed by atoms with Gasteiger partial charge in [-0.1, -0.05) is 6.92 Å². The quantitative estimate of drug-likeness (QED) is 0.653. The minimum Gasteiger partial charge on any atom is -0.304 e. The largest absolute Gasteiger partial charge is 0.304 e. The average molecular weight is 196 g/mol. The smallest absolute Gasteiger partial charge is 0.0683 e. The Hall–Kier alpha value is -0.550. The highest BCUT2D eigenvalue weighted by Gasteiger charge is 2.16. The zero-order valence-electron chi connectivity index (χ0n) is 10.3. The lowest BCUT2D eigenvalue weighted by Gasteiger charge is -2.24. The van der Waals surface area contributed by atoms with Crippen LogP contribution in [0.3, 0.4) is 0 Å². The second kappa shape index (κ2) is 6.03. The van der Waals surface area contributed by atoms with E-state index in [9.17, 15) is 0 Å². The Balaban J connectivity index is 3.70. The van der Waals surface area contributed by atoms with E-state index >= 15 is 0 Å². The predicted octanol–water partition coefficient (Wildman–Crippen LogP) is 3.05. The SMILES string of the molecule is CCC(C)N(C)CCCC(C)(C)C#N. The Morgan fingerprint density at radius 2 is 2.00 bits per heavy atom. The third kappa shape index (κ3) is 5.24. The lowest BCUT2D eigenvalue weighted by molar-refractivity contribution is 0.237. The van der Waals surface area contributed by atoms with Crippen LogP contribution in [0.4, 0.5) is 0 Å². The monoisotopic (exact) mass is 196 g/mol. The maximum absolute atomic E-state index is 8.85. The first-order valence-electron chi connectivity index (χ1n) is 5.54. The molecule has 0 spiro atoms. The van der Waals surface area contributed by atoms with Crippen molar-refractivity contribution in [3.63, 3.8) is 0 Å². The first kappa shape index (κ1) is 13.4. The third-order valence-electron chi connectivity index (χ3n) is 2.96. The summed E-state index contributed by atoms with van der Waals surface area (Å²) < 4.78 is 0. The van der Waals surface area contributed by atoms with Crippen LogP contribution in [0.2, 0.25) is 0 Å². The molecule has 0 aromatic heterocycles. The summed E-state index contributed by atoms with van der Waals surface area (Å²) in [6, 6.07) is 2.99. The van der Waals surface area contributed by atoms with Crippen LogP contribution >= 0.6 is 0 Å². The molecular formula is C12H24N2. The molecular weight excluding hydrogens is 172 g/mol. The van der Waals surface area contributed by atoms with Gasteiger partial charge >= 0.3 is 0 Å². The summed E-state index contributed by atoms with van der Waals surface area (Å²) in [5.41, 5.74) is -0.156. The van der Waals surface area contributed by atoms with Gasteiger partial charge in [0.05, 0.1) is 11.5 Å². The highest BCUT2D eigenvalue weighted by atomic mass is 15.1. The van der Waals surface area contributed by atoms with Crippen molar-refractivity contribution >= 4 is 0 Å². The van der Waals surface area contributed by atoms with E-state index in [1.807, 2.05) is 13.8 Å². The highest BCUT2D eigenvalue weighted by Crippen LogP contribution is 2.20. The van der Waals surface area contributed by atoms with E-state index in [1.54, 1.807) is 0 Å². The summed E-state index contributed by atoms with van der Waals surface area (Å²) in [6.07, 6.45) is 3.30. The first-order valence-corrected chi connectivity index (χ1v) is 5.54. The summed E-state index contributed by atoms with van der Waals surface area (Å²) >= 11 is 0. The summed E-state index contributed by atoms with van der Waals surface area (Å²) in [7, 11) is 2.16. The van der Waals surface area contributed by atoms with Crippen molar-refractivity contribution in [2.24, 2.45) is 5.41 Å². The Bertz CT molecular complexity index is 191. The fourth-order valence-electron chi connectivity index (χ4n) is 1.36. The van der Waals surface area contributed by atoms with E-state index in [2.05, 4.69) is 31.9 Å². The van der Waals surface area contributed by atoms with Gasteiger partial charge < -0.3 is 4.90 Å². The van der Waals surface area contributed by atoms with Gasteiger partial charge in [0.25, 0.3) is 0 Å². The Morgan fingerprint density at radius 3 is 2.43 bits per heavy atom. The molecule has 0 aromatic rings. The topological polar surface area (TPSA) is 27.0 Å². The Morgan fingerprint density at radius 1 is 1.43 bits per heavy atom. The summed E-state index contributed by atoms with van der Waals surface area (Å²) in [5, 5.41) is 8.85. The van der Waals surface area contributed by atoms with Crippen LogP contribution in [0.5, 0.6) is 0 Å². The molecule has 0 aromatic carbocycles. The fraction of sp³-hybridized carbons (Fsp3) is 0.917. The molecule has 0 saturated carbocycles. The Labute approximate surface area is 88.9 Å². The summed E-state index contributed by atoms with van der Waals surface area (Å²) in [5.74, 6) is 0. The number of nitriles is 1. The van der Waals surface area contributed by atoms with Crippen LogP contribution in [0.25, 0.3) is 0 Å². The van der Waals surface area contributed by atoms with E-state index in [0.29, 0.717) is 6.04 Å². The van der Waals surface area contributed by atoms with Crippen molar-refractivity contribution in [3.05, 3.63) is 0 Å². The van der Waals surface area contributed by atoms with Gasteiger partial charge in [0.1, 0.15) is 0 Å². The second-order valence-corrected chi connectivity index (χ2v) is 4.84. The molecule has 0 aliphatic rings. The van der Waals surface area contributed by atoms with E-state index in [-0.39, 0.29) is 5.41 Å². The third-order valence-corrected chi connectivity index (χ3v) is 2.96. The molecule has 0 N–H and O–H groups in total. The predicted molar refractivity (Wildman–Crippen MR) is 61.0 cm³/mol. The normalized spacial score (nSPS) is 14.1. The zero-order valence-corrected chi connectivity index (χ0v) is 10.3. The van der Waals surface area contributed by atoms with Crippen molar-refractivity contribution in [1.29, 1.82) is 5.26 Å². The molecule has 0 rings (SSSR count). The average Bonchev–Trinajstić information content (AvgIpc) is 2.16. The molecule has 0 radical (unpaired) electrons. The zero-order chi connectivity index (χ0) is 11.2. The maximum atomic E-state index is 8.85. The lowest BCUT2D eigenvalue weighted by atomic mass is 9.90. The molecule has 0 aliphatic heterocycles. The lowest BCUT2D eigenvalue weighted by Crippen LogP contribution is -2.29. The van der Waals surface area contributed by atoms with Crippen LogP contribution in [0, 0.1) is 16.7 Å². The highest BCUT2D eigenvalue weighted by molar-refractivity contribution is 4.91. The van der Waals surface area contributed by atoms with Crippen LogP contribution in [-0.4, -0.2) is 24.5 Å². The number of nitrogens with zero attached hydrogens (tertiary/aromatic N) is 2. The van der Waals surface area contributed by atoms with Crippen LogP contribution in [-0.2, 0) is 0 Å². The van der Waals surface area contributed by atoms with E-state index in [1.165, 1.54) is 6.42 Å². The molecule has 2 heteroatoms. The number of rotatable bonds is 6. The summed E-state index contributed by atoms with van der Waals surface area (Å²) in [6.45, 7) is 9.57. The number of hydrogen-bond acceptors (Lipinski definition) is 2.